The molecule has 0 N–H and O–H groups in total. The Morgan fingerprint density at radius 2 is 0.881 bits per heavy atom. The molecule has 0 aliphatic carbocycles. The summed E-state index contributed by atoms with van der Waals surface area (Å²) in [7, 11) is 0. The third kappa shape index (κ3) is 9.21. The summed E-state index contributed by atoms with van der Waals surface area (Å²) in [4.78, 5) is 0. The maximum atomic E-state index is 2.28. The van der Waals surface area contributed by atoms with Gasteiger partial charge in [0.15, 0.2) is 0 Å². The van der Waals surface area contributed by atoms with E-state index in [4.69, 9.17) is 0 Å². The standard InChI is InChI=1S/2C13H15.C13H10.2ClH.Zr/c2*1-9(2)12-6-4-5-11-7-10(3)8-13(11)12;1-3-7-12(8-4-1)11-13-9-5-2-6-10-13;;;/h2*4-9H,1-3H3;1-10H;2*1H;/q2*-1;;;;+2/p-2. The van der Waals surface area contributed by atoms with Crippen LogP contribution >= 0.6 is 0 Å². The zero-order valence-corrected chi connectivity index (χ0v) is 29.4. The second-order valence-corrected chi connectivity index (χ2v) is 12.4. The molecule has 6 aromatic rings. The molecule has 6 rings (SSSR count). The summed E-state index contributed by atoms with van der Waals surface area (Å²) < 4.78 is 1.42. The Bertz CT molecular complexity index is 1550. The second-order valence-electron chi connectivity index (χ2n) is 11.2. The molecule has 0 bridgehead atoms. The van der Waals surface area contributed by atoms with Gasteiger partial charge >= 0.3 is 99.2 Å². The van der Waals surface area contributed by atoms with Crippen LogP contribution in [-0.4, -0.2) is 3.21 Å². The van der Waals surface area contributed by atoms with Crippen LogP contribution in [0.5, 0.6) is 0 Å². The van der Waals surface area contributed by atoms with Gasteiger partial charge in [-0.1, -0.05) is 64.8 Å². The minimum atomic E-state index is 0. The fourth-order valence-corrected chi connectivity index (χ4v) is 6.02. The molecule has 0 radical (unpaired) electrons. The molecule has 3 heteroatoms. The van der Waals surface area contributed by atoms with Crippen LogP contribution < -0.4 is 24.8 Å². The molecule has 0 atom stereocenters. The monoisotopic (exact) mass is 668 g/mol. The van der Waals surface area contributed by atoms with Crippen molar-refractivity contribution in [3.05, 3.63) is 155 Å². The molecule has 0 saturated carbocycles. The third-order valence-electron chi connectivity index (χ3n) is 7.23. The molecule has 0 unspecified atom stereocenters. The van der Waals surface area contributed by atoms with Gasteiger partial charge in [0.05, 0.1) is 0 Å². The van der Waals surface area contributed by atoms with E-state index in [0.29, 0.717) is 11.8 Å². The average molecular weight is 671 g/mol. The van der Waals surface area contributed by atoms with Crippen molar-refractivity contribution in [3.8, 4) is 0 Å². The summed E-state index contributed by atoms with van der Waals surface area (Å²) >= 11 is 1.46. The molecule has 0 spiro atoms. The van der Waals surface area contributed by atoms with Gasteiger partial charge < -0.3 is 24.8 Å². The summed E-state index contributed by atoms with van der Waals surface area (Å²) in [6.07, 6.45) is 0. The zero-order chi connectivity index (χ0) is 28.6. The van der Waals surface area contributed by atoms with Crippen LogP contribution in [0, 0.1) is 13.8 Å². The van der Waals surface area contributed by atoms with Crippen LogP contribution in [0.2, 0.25) is 0 Å². The molecule has 42 heavy (non-hydrogen) atoms. The summed E-state index contributed by atoms with van der Waals surface area (Å²) in [5.74, 6) is 1.23. The summed E-state index contributed by atoms with van der Waals surface area (Å²) in [5, 5.41) is 5.61. The van der Waals surface area contributed by atoms with E-state index in [-0.39, 0.29) is 24.8 Å². The molecular weight excluding hydrogens is 631 g/mol. The van der Waals surface area contributed by atoms with Crippen molar-refractivity contribution in [1.29, 1.82) is 0 Å². The van der Waals surface area contributed by atoms with E-state index in [2.05, 4.69) is 163 Å². The number of rotatable bonds is 4. The van der Waals surface area contributed by atoms with Crippen LogP contribution in [-0.2, 0) is 24.2 Å². The number of benzene rings is 4. The SMILES string of the molecule is Cc1cc2c(C(C)C)cccc2[cH-]1.Cc1cc2c(C(C)C)cccc2[cH-]1.[Cl-].[Cl-].[Zr+2]=[C](c1ccccc1)c1ccccc1. The van der Waals surface area contributed by atoms with Gasteiger partial charge in [0.1, 0.15) is 0 Å². The van der Waals surface area contributed by atoms with E-state index in [1.807, 2.05) is 0 Å². The number of hydrogen-bond acceptors (Lipinski definition) is 0. The van der Waals surface area contributed by atoms with E-state index in [1.54, 1.807) is 0 Å². The van der Waals surface area contributed by atoms with Gasteiger partial charge in [-0.2, -0.15) is 12.1 Å². The van der Waals surface area contributed by atoms with E-state index < -0.39 is 0 Å². The van der Waals surface area contributed by atoms with Gasteiger partial charge in [0.25, 0.3) is 0 Å². The van der Waals surface area contributed by atoms with Gasteiger partial charge in [-0.3, -0.25) is 0 Å². The summed E-state index contributed by atoms with van der Waals surface area (Å²) in [5.41, 5.74) is 8.32. The van der Waals surface area contributed by atoms with Crippen LogP contribution in [0.1, 0.15) is 72.9 Å². The number of fused-ring (bicyclic) bond motifs is 2. The Labute approximate surface area is 280 Å². The first-order chi connectivity index (χ1) is 19.2. The van der Waals surface area contributed by atoms with Crippen molar-refractivity contribution in [2.45, 2.75) is 53.4 Å². The Morgan fingerprint density at radius 1 is 0.524 bits per heavy atom. The Morgan fingerprint density at radius 3 is 1.21 bits per heavy atom. The minimum absolute atomic E-state index is 0. The molecule has 0 amide bonds. The average Bonchev–Trinajstić information content (AvgIpc) is 3.54. The fourth-order valence-electron chi connectivity index (χ4n) is 5.20. The van der Waals surface area contributed by atoms with E-state index in [0.717, 1.165) is 0 Å². The normalized spacial score (nSPS) is 10.3. The quantitative estimate of drug-likeness (QED) is 0.237. The number of hydrogen-bond donors (Lipinski definition) is 0. The summed E-state index contributed by atoms with van der Waals surface area (Å²) in [6.45, 7) is 13.3. The van der Waals surface area contributed by atoms with Gasteiger partial charge in [-0.05, 0) is 11.8 Å². The van der Waals surface area contributed by atoms with Crippen LogP contribution in [0.4, 0.5) is 0 Å². The zero-order valence-electron chi connectivity index (χ0n) is 25.5. The molecule has 0 aliphatic heterocycles. The predicted molar refractivity (Wildman–Crippen MR) is 173 cm³/mol. The number of aryl methyl sites for hydroxylation is 2. The topological polar surface area (TPSA) is 0 Å². The van der Waals surface area contributed by atoms with Gasteiger partial charge in [0.2, 0.25) is 0 Å². The van der Waals surface area contributed by atoms with E-state index in [1.165, 1.54) is 82.4 Å². The molecule has 216 valence electrons. The van der Waals surface area contributed by atoms with Crippen LogP contribution in [0.25, 0.3) is 21.5 Å². The molecule has 0 nitrogen and oxygen atoms in total. The van der Waals surface area contributed by atoms with Crippen molar-refractivity contribution in [3.63, 3.8) is 0 Å². The maximum absolute atomic E-state index is 2.28. The fraction of sp³-hybridized carbons (Fsp3) is 0.205. The molecule has 6 aromatic carbocycles. The summed E-state index contributed by atoms with van der Waals surface area (Å²) in [6, 6.07) is 43.3. The molecule has 0 aliphatic rings. The van der Waals surface area contributed by atoms with Crippen molar-refractivity contribution in [2.24, 2.45) is 0 Å². The Kier molecular flexibility index (Phi) is 14.3. The Balaban J connectivity index is 0.000000215. The van der Waals surface area contributed by atoms with E-state index >= 15 is 0 Å². The van der Waals surface area contributed by atoms with Crippen LogP contribution in [0.3, 0.4) is 0 Å². The first-order valence-electron chi connectivity index (χ1n) is 14.3. The molecule has 0 aromatic heterocycles. The third-order valence-corrected chi connectivity index (χ3v) is 8.65. The van der Waals surface area contributed by atoms with Crippen molar-refractivity contribution < 1.29 is 49.0 Å². The van der Waals surface area contributed by atoms with Gasteiger partial charge in [0, 0.05) is 0 Å². The number of halogens is 2. The van der Waals surface area contributed by atoms with E-state index in [9.17, 15) is 0 Å². The first-order valence-corrected chi connectivity index (χ1v) is 15.5. The van der Waals surface area contributed by atoms with Crippen molar-refractivity contribution in [1.82, 2.24) is 0 Å². The molecule has 0 saturated heterocycles. The van der Waals surface area contributed by atoms with Gasteiger partial charge in [-0.25, -0.2) is 0 Å². The first kappa shape index (κ1) is 35.6. The Hall–Kier alpha value is -2.57. The van der Waals surface area contributed by atoms with Crippen molar-refractivity contribution >= 4 is 24.8 Å². The molecule has 0 heterocycles. The predicted octanol–water partition coefficient (Wildman–Crippen LogP) is 4.79. The molecule has 0 fully saturated rings. The second kappa shape index (κ2) is 16.9. The van der Waals surface area contributed by atoms with Crippen molar-refractivity contribution in [2.75, 3.05) is 0 Å². The van der Waals surface area contributed by atoms with Gasteiger partial charge in [-0.15, -0.1) is 69.1 Å². The molecular formula is C39H40Cl2Zr-2. The van der Waals surface area contributed by atoms with Crippen LogP contribution in [0.15, 0.2) is 121 Å².